The van der Waals surface area contributed by atoms with E-state index in [1.165, 1.54) is 4.31 Å². The van der Waals surface area contributed by atoms with Crippen molar-refractivity contribution in [2.24, 2.45) is 5.92 Å². The first kappa shape index (κ1) is 13.8. The molecule has 1 N–H and O–H groups in total. The maximum Gasteiger partial charge on any atom is 0.329 e. The minimum absolute atomic E-state index is 0.131. The van der Waals surface area contributed by atoms with Crippen LogP contribution >= 0.6 is 0 Å². The molecule has 0 bridgehead atoms. The highest BCUT2D eigenvalue weighted by molar-refractivity contribution is 7.89. The molecule has 104 valence electrons. The van der Waals surface area contributed by atoms with Crippen LogP contribution in [-0.2, 0) is 19.6 Å². The molecule has 6 nitrogen and oxygen atoms in total. The van der Waals surface area contributed by atoms with Crippen LogP contribution in [0.5, 0.6) is 0 Å². The number of hydrogen-bond acceptors (Lipinski definition) is 4. The van der Waals surface area contributed by atoms with E-state index in [-0.39, 0.29) is 18.5 Å². The van der Waals surface area contributed by atoms with Crippen molar-refractivity contribution in [2.75, 3.05) is 25.4 Å². The molecule has 0 radical (unpaired) electrons. The van der Waals surface area contributed by atoms with Crippen molar-refractivity contribution >= 4 is 16.0 Å². The average molecular weight is 277 g/mol. The van der Waals surface area contributed by atoms with Gasteiger partial charge >= 0.3 is 5.97 Å². The minimum atomic E-state index is -3.11. The number of nitrogens with zero attached hydrogens (tertiary/aromatic N) is 1. The number of hydrogen-bond donors (Lipinski definition) is 1. The van der Waals surface area contributed by atoms with Gasteiger partial charge in [0, 0.05) is 13.1 Å². The molecule has 2 fully saturated rings. The fourth-order valence-corrected chi connectivity index (χ4v) is 4.06. The summed E-state index contributed by atoms with van der Waals surface area (Å²) >= 11 is 0. The molecular formula is C11H19NO5S. The molecule has 18 heavy (non-hydrogen) atoms. The second kappa shape index (κ2) is 5.54. The number of carboxylic acid groups (broad SMARTS) is 1. The van der Waals surface area contributed by atoms with Crippen molar-refractivity contribution in [3.8, 4) is 0 Å². The van der Waals surface area contributed by atoms with Gasteiger partial charge in [0.1, 0.15) is 6.61 Å². The van der Waals surface area contributed by atoms with Gasteiger partial charge in [0.25, 0.3) is 0 Å². The SMILES string of the molecule is O=C(O)COC1CCN(S(=O)(=O)CC2CC2)CC1. The third-order valence-corrected chi connectivity index (χ3v) is 5.42. The first-order valence-electron chi connectivity index (χ1n) is 6.28. The lowest BCUT2D eigenvalue weighted by atomic mass is 10.1. The number of aliphatic carboxylic acids is 1. The topological polar surface area (TPSA) is 83.9 Å². The zero-order valence-electron chi connectivity index (χ0n) is 10.2. The third kappa shape index (κ3) is 3.93. The highest BCUT2D eigenvalue weighted by Crippen LogP contribution is 2.31. The number of sulfonamides is 1. The van der Waals surface area contributed by atoms with E-state index in [1.54, 1.807) is 0 Å². The Morgan fingerprint density at radius 3 is 2.33 bits per heavy atom. The summed E-state index contributed by atoms with van der Waals surface area (Å²) < 4.78 is 30.7. The lowest BCUT2D eigenvalue weighted by molar-refractivity contribution is -0.145. The Kier molecular flexibility index (Phi) is 4.24. The summed E-state index contributed by atoms with van der Waals surface area (Å²) in [4.78, 5) is 10.4. The highest BCUT2D eigenvalue weighted by atomic mass is 32.2. The molecule has 7 heteroatoms. The standard InChI is InChI=1S/C11H19NO5S/c13-11(14)7-17-10-3-5-12(6-4-10)18(15,16)8-9-1-2-9/h9-10H,1-8H2,(H,13,14). The van der Waals surface area contributed by atoms with Crippen LogP contribution in [0.2, 0.25) is 0 Å². The Morgan fingerprint density at radius 2 is 1.83 bits per heavy atom. The number of rotatable bonds is 6. The number of ether oxygens (including phenoxy) is 1. The number of piperidine rings is 1. The third-order valence-electron chi connectivity index (χ3n) is 3.38. The Hall–Kier alpha value is -0.660. The molecule has 2 aliphatic rings. The van der Waals surface area contributed by atoms with E-state index in [0.717, 1.165) is 12.8 Å². The monoisotopic (exact) mass is 277 g/mol. The Balaban J connectivity index is 1.76. The van der Waals surface area contributed by atoms with E-state index in [9.17, 15) is 13.2 Å². The lowest BCUT2D eigenvalue weighted by Crippen LogP contribution is -2.42. The smallest absolute Gasteiger partial charge is 0.329 e. The lowest BCUT2D eigenvalue weighted by Gasteiger charge is -2.30. The van der Waals surface area contributed by atoms with Crippen LogP contribution in [0.25, 0.3) is 0 Å². The zero-order chi connectivity index (χ0) is 13.2. The minimum Gasteiger partial charge on any atom is -0.480 e. The fourth-order valence-electron chi connectivity index (χ4n) is 2.15. The summed E-state index contributed by atoms with van der Waals surface area (Å²) in [7, 11) is -3.11. The van der Waals surface area contributed by atoms with Gasteiger partial charge in [0.2, 0.25) is 10.0 Å². The highest BCUT2D eigenvalue weighted by Gasteiger charge is 2.34. The van der Waals surface area contributed by atoms with Crippen molar-refractivity contribution in [2.45, 2.75) is 31.8 Å². The first-order valence-corrected chi connectivity index (χ1v) is 7.89. The van der Waals surface area contributed by atoms with E-state index >= 15 is 0 Å². The molecule has 0 amide bonds. The number of carboxylic acids is 1. The second-order valence-electron chi connectivity index (χ2n) is 5.03. The summed E-state index contributed by atoms with van der Waals surface area (Å²) in [5, 5.41) is 8.50. The van der Waals surface area contributed by atoms with Crippen molar-refractivity contribution in [1.29, 1.82) is 0 Å². The molecular weight excluding hydrogens is 258 g/mol. The quantitative estimate of drug-likeness (QED) is 0.754. The Morgan fingerprint density at radius 1 is 1.22 bits per heavy atom. The van der Waals surface area contributed by atoms with E-state index in [0.29, 0.717) is 31.8 Å². The van der Waals surface area contributed by atoms with Crippen LogP contribution in [0.15, 0.2) is 0 Å². The molecule has 0 aromatic heterocycles. The zero-order valence-corrected chi connectivity index (χ0v) is 11.1. The van der Waals surface area contributed by atoms with Gasteiger partial charge in [-0.15, -0.1) is 0 Å². The average Bonchev–Trinajstić information content (AvgIpc) is 3.10. The maximum atomic E-state index is 12.0. The van der Waals surface area contributed by atoms with Gasteiger partial charge in [-0.2, -0.15) is 0 Å². The predicted molar refractivity (Wildman–Crippen MR) is 64.7 cm³/mol. The summed E-state index contributed by atoms with van der Waals surface area (Å²) in [5.41, 5.74) is 0. The molecule has 1 aliphatic carbocycles. The molecule has 0 spiro atoms. The first-order chi connectivity index (χ1) is 8.47. The largest absolute Gasteiger partial charge is 0.480 e. The van der Waals surface area contributed by atoms with Crippen molar-refractivity contribution in [3.05, 3.63) is 0 Å². The summed E-state index contributed by atoms with van der Waals surface area (Å²) in [6.45, 7) is 0.582. The van der Waals surface area contributed by atoms with Gasteiger partial charge in [0.15, 0.2) is 0 Å². The van der Waals surface area contributed by atoms with Gasteiger partial charge in [-0.25, -0.2) is 17.5 Å². The van der Waals surface area contributed by atoms with E-state index in [2.05, 4.69) is 0 Å². The van der Waals surface area contributed by atoms with E-state index in [4.69, 9.17) is 9.84 Å². The predicted octanol–water partition coefficient (Wildman–Crippen LogP) is 0.292. The van der Waals surface area contributed by atoms with Gasteiger partial charge < -0.3 is 9.84 Å². The molecule has 0 aromatic carbocycles. The van der Waals surface area contributed by atoms with Gasteiger partial charge in [-0.1, -0.05) is 0 Å². The fraction of sp³-hybridized carbons (Fsp3) is 0.909. The van der Waals surface area contributed by atoms with E-state index in [1.807, 2.05) is 0 Å². The van der Waals surface area contributed by atoms with Crippen LogP contribution in [0.3, 0.4) is 0 Å². The van der Waals surface area contributed by atoms with Crippen LogP contribution in [-0.4, -0.2) is 55.4 Å². The molecule has 0 atom stereocenters. The van der Waals surface area contributed by atoms with Gasteiger partial charge in [0.05, 0.1) is 11.9 Å². The van der Waals surface area contributed by atoms with Crippen molar-refractivity contribution in [1.82, 2.24) is 4.31 Å². The molecule has 1 saturated heterocycles. The summed E-state index contributed by atoms with van der Waals surface area (Å²) in [5.74, 6) is -0.358. The molecule has 0 aromatic rings. The molecule has 1 aliphatic heterocycles. The molecule has 1 heterocycles. The second-order valence-corrected chi connectivity index (χ2v) is 7.04. The van der Waals surface area contributed by atoms with Crippen LogP contribution in [0.4, 0.5) is 0 Å². The summed E-state index contributed by atoms with van der Waals surface area (Å²) in [6.07, 6.45) is 3.08. The normalized spacial score (nSPS) is 23.1. The van der Waals surface area contributed by atoms with Crippen molar-refractivity contribution in [3.63, 3.8) is 0 Å². The van der Waals surface area contributed by atoms with Crippen LogP contribution < -0.4 is 0 Å². The van der Waals surface area contributed by atoms with Gasteiger partial charge in [-0.05, 0) is 31.6 Å². The van der Waals surface area contributed by atoms with Gasteiger partial charge in [-0.3, -0.25) is 0 Å². The van der Waals surface area contributed by atoms with Crippen molar-refractivity contribution < 1.29 is 23.1 Å². The van der Waals surface area contributed by atoms with Crippen LogP contribution in [0.1, 0.15) is 25.7 Å². The molecule has 0 unspecified atom stereocenters. The number of carbonyl (C=O) groups is 1. The van der Waals surface area contributed by atoms with Crippen LogP contribution in [0, 0.1) is 5.92 Å². The van der Waals surface area contributed by atoms with E-state index < -0.39 is 16.0 Å². The molecule has 2 rings (SSSR count). The Labute approximate surface area is 107 Å². The molecule has 1 saturated carbocycles. The summed E-state index contributed by atoms with van der Waals surface area (Å²) in [6, 6.07) is 0. The maximum absolute atomic E-state index is 12.0. The Bertz CT molecular complexity index is 396.